The highest BCUT2D eigenvalue weighted by molar-refractivity contribution is 6.35. The van der Waals surface area contributed by atoms with Crippen LogP contribution in [0.15, 0.2) is 54.6 Å². The lowest BCUT2D eigenvalue weighted by Gasteiger charge is -2.07. The van der Waals surface area contributed by atoms with E-state index < -0.39 is 17.6 Å². The Kier molecular flexibility index (Phi) is 6.29. The second-order valence-electron chi connectivity index (χ2n) is 5.12. The van der Waals surface area contributed by atoms with Crippen LogP contribution >= 0.6 is 0 Å². The molecule has 0 aliphatic heterocycles. The summed E-state index contributed by atoms with van der Waals surface area (Å²) in [7, 11) is 0. The smallest absolute Gasteiger partial charge is 0.309 e. The van der Waals surface area contributed by atoms with Gasteiger partial charge >= 0.3 is 11.8 Å². The maximum absolute atomic E-state index is 13.4. The molecule has 0 saturated heterocycles. The highest BCUT2D eigenvalue weighted by Gasteiger charge is 2.12. The second kappa shape index (κ2) is 8.68. The molecular formula is C18H19FN2O2. The molecule has 0 bridgehead atoms. The van der Waals surface area contributed by atoms with E-state index in [-0.39, 0.29) is 6.54 Å². The van der Waals surface area contributed by atoms with Crippen molar-refractivity contribution < 1.29 is 14.0 Å². The molecular weight excluding hydrogens is 295 g/mol. The summed E-state index contributed by atoms with van der Waals surface area (Å²) >= 11 is 0. The van der Waals surface area contributed by atoms with E-state index in [0.717, 1.165) is 12.8 Å². The van der Waals surface area contributed by atoms with Crippen molar-refractivity contribution in [3.8, 4) is 0 Å². The van der Waals surface area contributed by atoms with Crippen molar-refractivity contribution in [3.05, 3.63) is 71.5 Å². The SMILES string of the molecule is O=C(NCCCc1ccccc1)C(=O)NCc1ccccc1F. The fourth-order valence-corrected chi connectivity index (χ4v) is 2.12. The molecule has 5 heteroatoms. The summed E-state index contributed by atoms with van der Waals surface area (Å²) in [4.78, 5) is 23.3. The average Bonchev–Trinajstić information content (AvgIpc) is 2.58. The lowest BCUT2D eigenvalue weighted by molar-refractivity contribution is -0.139. The maximum Gasteiger partial charge on any atom is 0.309 e. The van der Waals surface area contributed by atoms with Crippen molar-refractivity contribution in [3.63, 3.8) is 0 Å². The summed E-state index contributed by atoms with van der Waals surface area (Å²) in [5, 5.41) is 4.97. The molecule has 0 saturated carbocycles. The van der Waals surface area contributed by atoms with E-state index >= 15 is 0 Å². The summed E-state index contributed by atoms with van der Waals surface area (Å²) in [6, 6.07) is 16.0. The molecule has 0 radical (unpaired) electrons. The summed E-state index contributed by atoms with van der Waals surface area (Å²) in [5.74, 6) is -1.86. The number of aryl methyl sites for hydroxylation is 1. The molecule has 2 aromatic carbocycles. The first-order chi connectivity index (χ1) is 11.2. The Labute approximate surface area is 134 Å². The van der Waals surface area contributed by atoms with Crippen molar-refractivity contribution in [2.75, 3.05) is 6.54 Å². The molecule has 4 nitrogen and oxygen atoms in total. The largest absolute Gasteiger partial charge is 0.348 e. The first-order valence-corrected chi connectivity index (χ1v) is 7.50. The molecule has 2 amide bonds. The number of halogens is 1. The zero-order valence-corrected chi connectivity index (χ0v) is 12.7. The van der Waals surface area contributed by atoms with Crippen LogP contribution in [0.1, 0.15) is 17.5 Å². The molecule has 0 heterocycles. The second-order valence-corrected chi connectivity index (χ2v) is 5.12. The van der Waals surface area contributed by atoms with Crippen LogP contribution < -0.4 is 10.6 Å². The Hall–Kier alpha value is -2.69. The third-order valence-electron chi connectivity index (χ3n) is 3.37. The molecule has 23 heavy (non-hydrogen) atoms. The predicted molar refractivity (Wildman–Crippen MR) is 86.0 cm³/mol. The topological polar surface area (TPSA) is 58.2 Å². The number of hydrogen-bond acceptors (Lipinski definition) is 2. The van der Waals surface area contributed by atoms with Gasteiger partial charge in [0, 0.05) is 18.7 Å². The van der Waals surface area contributed by atoms with E-state index in [1.165, 1.54) is 11.6 Å². The molecule has 0 aliphatic carbocycles. The van der Waals surface area contributed by atoms with Crippen molar-refractivity contribution >= 4 is 11.8 Å². The Morgan fingerprint density at radius 3 is 2.26 bits per heavy atom. The zero-order chi connectivity index (χ0) is 16.5. The lowest BCUT2D eigenvalue weighted by atomic mass is 10.1. The van der Waals surface area contributed by atoms with Gasteiger partial charge in [0.25, 0.3) is 0 Å². The molecule has 120 valence electrons. The number of rotatable bonds is 6. The maximum atomic E-state index is 13.4. The Balaban J connectivity index is 1.67. The summed E-state index contributed by atoms with van der Waals surface area (Å²) in [6.07, 6.45) is 1.58. The van der Waals surface area contributed by atoms with Gasteiger partial charge in [-0.05, 0) is 24.5 Å². The monoisotopic (exact) mass is 314 g/mol. The fourth-order valence-electron chi connectivity index (χ4n) is 2.12. The summed E-state index contributed by atoms with van der Waals surface area (Å²) in [6.45, 7) is 0.407. The van der Waals surface area contributed by atoms with Gasteiger partial charge in [0.15, 0.2) is 0 Å². The molecule has 0 aromatic heterocycles. The lowest BCUT2D eigenvalue weighted by Crippen LogP contribution is -2.40. The third-order valence-corrected chi connectivity index (χ3v) is 3.37. The van der Waals surface area contributed by atoms with E-state index in [4.69, 9.17) is 0 Å². The van der Waals surface area contributed by atoms with Crippen molar-refractivity contribution in [1.82, 2.24) is 10.6 Å². The molecule has 0 atom stereocenters. The summed E-state index contributed by atoms with van der Waals surface area (Å²) in [5.41, 5.74) is 1.53. The predicted octanol–water partition coefficient (Wildman–Crippen LogP) is 2.19. The number of amides is 2. The minimum absolute atomic E-state index is 0.0110. The standard InChI is InChI=1S/C18H19FN2O2/c19-16-11-5-4-10-15(16)13-21-18(23)17(22)20-12-6-9-14-7-2-1-3-8-14/h1-5,7-8,10-11H,6,9,12-13H2,(H,20,22)(H,21,23). The van der Waals surface area contributed by atoms with Gasteiger partial charge < -0.3 is 10.6 Å². The van der Waals surface area contributed by atoms with E-state index in [2.05, 4.69) is 10.6 Å². The highest BCUT2D eigenvalue weighted by Crippen LogP contribution is 2.05. The van der Waals surface area contributed by atoms with E-state index in [1.807, 2.05) is 30.3 Å². The molecule has 0 aliphatic rings. The first-order valence-electron chi connectivity index (χ1n) is 7.50. The number of nitrogens with one attached hydrogen (secondary N) is 2. The number of hydrogen-bond donors (Lipinski definition) is 2. The van der Waals surface area contributed by atoms with Gasteiger partial charge in [0.05, 0.1) is 0 Å². The van der Waals surface area contributed by atoms with Crippen LogP contribution in [0.3, 0.4) is 0 Å². The van der Waals surface area contributed by atoms with Crippen LogP contribution in [-0.4, -0.2) is 18.4 Å². The number of carbonyl (C=O) groups excluding carboxylic acids is 2. The van der Waals surface area contributed by atoms with Gasteiger partial charge in [0.2, 0.25) is 0 Å². The molecule has 2 rings (SSSR count). The number of carbonyl (C=O) groups is 2. The van der Waals surface area contributed by atoms with E-state index in [0.29, 0.717) is 12.1 Å². The average molecular weight is 314 g/mol. The molecule has 2 N–H and O–H groups in total. The van der Waals surface area contributed by atoms with Gasteiger partial charge in [-0.3, -0.25) is 9.59 Å². The highest BCUT2D eigenvalue weighted by atomic mass is 19.1. The quantitative estimate of drug-likeness (QED) is 0.634. The minimum atomic E-state index is -0.757. The molecule has 2 aromatic rings. The van der Waals surface area contributed by atoms with Crippen molar-refractivity contribution in [2.24, 2.45) is 0 Å². The zero-order valence-electron chi connectivity index (χ0n) is 12.7. The van der Waals surface area contributed by atoms with Crippen LogP contribution in [0.5, 0.6) is 0 Å². The van der Waals surface area contributed by atoms with Gasteiger partial charge in [-0.15, -0.1) is 0 Å². The van der Waals surface area contributed by atoms with E-state index in [9.17, 15) is 14.0 Å². The minimum Gasteiger partial charge on any atom is -0.348 e. The molecule has 0 fully saturated rings. The van der Waals surface area contributed by atoms with Crippen LogP contribution in [-0.2, 0) is 22.6 Å². The van der Waals surface area contributed by atoms with E-state index in [1.54, 1.807) is 18.2 Å². The molecule has 0 unspecified atom stereocenters. The third kappa shape index (κ3) is 5.54. The van der Waals surface area contributed by atoms with Gasteiger partial charge in [-0.1, -0.05) is 48.5 Å². The molecule has 0 spiro atoms. The van der Waals surface area contributed by atoms with Crippen LogP contribution in [0, 0.1) is 5.82 Å². The fraction of sp³-hybridized carbons (Fsp3) is 0.222. The number of benzene rings is 2. The van der Waals surface area contributed by atoms with Crippen LogP contribution in [0.2, 0.25) is 0 Å². The normalized spacial score (nSPS) is 10.1. The van der Waals surface area contributed by atoms with Crippen molar-refractivity contribution in [2.45, 2.75) is 19.4 Å². The van der Waals surface area contributed by atoms with Crippen molar-refractivity contribution in [1.29, 1.82) is 0 Å². The Morgan fingerprint density at radius 2 is 1.52 bits per heavy atom. The van der Waals surface area contributed by atoms with Crippen LogP contribution in [0.25, 0.3) is 0 Å². The Morgan fingerprint density at radius 1 is 0.870 bits per heavy atom. The van der Waals surface area contributed by atoms with Gasteiger partial charge in [-0.2, -0.15) is 0 Å². The summed E-state index contributed by atoms with van der Waals surface area (Å²) < 4.78 is 13.4. The van der Waals surface area contributed by atoms with Crippen LogP contribution in [0.4, 0.5) is 4.39 Å². The van der Waals surface area contributed by atoms with Gasteiger partial charge in [0.1, 0.15) is 5.82 Å². The Bertz CT molecular complexity index is 659. The first kappa shape index (κ1) is 16.7. The van der Waals surface area contributed by atoms with Gasteiger partial charge in [-0.25, -0.2) is 4.39 Å².